The van der Waals surface area contributed by atoms with Gasteiger partial charge in [0.1, 0.15) is 11.9 Å². The van der Waals surface area contributed by atoms with Gasteiger partial charge in [-0.1, -0.05) is 12.1 Å². The molecular weight excluding hydrogens is 235 g/mol. The zero-order valence-electron chi connectivity index (χ0n) is 10.3. The van der Waals surface area contributed by atoms with Crippen LogP contribution < -0.4 is 10.6 Å². The summed E-state index contributed by atoms with van der Waals surface area (Å²) in [5, 5.41) is 5.97. The lowest BCUT2D eigenvalue weighted by molar-refractivity contribution is -0.126. The fraction of sp³-hybridized carbons (Fsp3) is 0.462. The van der Waals surface area contributed by atoms with Crippen LogP contribution in [-0.4, -0.2) is 31.7 Å². The molecule has 2 N–H and O–H groups in total. The topological polar surface area (TPSA) is 50.4 Å². The van der Waals surface area contributed by atoms with E-state index >= 15 is 0 Å². The molecule has 1 heterocycles. The van der Waals surface area contributed by atoms with Gasteiger partial charge in [0, 0.05) is 6.54 Å². The van der Waals surface area contributed by atoms with Gasteiger partial charge < -0.3 is 15.4 Å². The van der Waals surface area contributed by atoms with Gasteiger partial charge in [0.05, 0.1) is 19.3 Å². The molecule has 1 aliphatic heterocycles. The van der Waals surface area contributed by atoms with Gasteiger partial charge in [-0.3, -0.25) is 4.79 Å². The molecule has 1 amide bonds. The van der Waals surface area contributed by atoms with Gasteiger partial charge in [-0.15, -0.1) is 0 Å². The Labute approximate surface area is 106 Å². The lowest BCUT2D eigenvalue weighted by Gasteiger charge is -2.24. The highest BCUT2D eigenvalue weighted by atomic mass is 19.1. The summed E-state index contributed by atoms with van der Waals surface area (Å²) >= 11 is 0. The van der Waals surface area contributed by atoms with Crippen LogP contribution in [0.3, 0.4) is 0 Å². The molecule has 2 atom stereocenters. The number of carbonyl (C=O) groups is 1. The van der Waals surface area contributed by atoms with Crippen molar-refractivity contribution in [2.24, 2.45) is 0 Å². The quantitative estimate of drug-likeness (QED) is 0.843. The highest BCUT2D eigenvalue weighted by molar-refractivity contribution is 5.82. The minimum atomic E-state index is -0.304. The van der Waals surface area contributed by atoms with Crippen molar-refractivity contribution in [3.8, 4) is 0 Å². The van der Waals surface area contributed by atoms with Crippen LogP contribution in [0.1, 0.15) is 18.5 Å². The Kier molecular flexibility index (Phi) is 4.28. The molecule has 1 unspecified atom stereocenters. The van der Waals surface area contributed by atoms with E-state index in [1.165, 1.54) is 12.1 Å². The van der Waals surface area contributed by atoms with E-state index in [4.69, 9.17) is 4.74 Å². The third kappa shape index (κ3) is 3.27. The molecule has 5 heteroatoms. The van der Waals surface area contributed by atoms with Gasteiger partial charge in [0.15, 0.2) is 0 Å². The molecule has 0 bridgehead atoms. The molecule has 18 heavy (non-hydrogen) atoms. The maximum atomic E-state index is 12.8. The first-order valence-corrected chi connectivity index (χ1v) is 6.04. The van der Waals surface area contributed by atoms with E-state index in [1.54, 1.807) is 12.1 Å². The molecule has 2 rings (SSSR count). The lowest BCUT2D eigenvalue weighted by atomic mass is 10.1. The largest absolute Gasteiger partial charge is 0.378 e. The first-order valence-electron chi connectivity index (χ1n) is 6.04. The Hall–Kier alpha value is -1.46. The van der Waals surface area contributed by atoms with E-state index in [0.717, 1.165) is 5.56 Å². The van der Waals surface area contributed by atoms with Gasteiger partial charge in [-0.05, 0) is 24.6 Å². The van der Waals surface area contributed by atoms with Crippen LogP contribution >= 0.6 is 0 Å². The number of halogens is 1. The molecule has 0 radical (unpaired) electrons. The van der Waals surface area contributed by atoms with E-state index in [2.05, 4.69) is 10.6 Å². The molecule has 4 nitrogen and oxygen atoms in total. The summed E-state index contributed by atoms with van der Waals surface area (Å²) in [7, 11) is 0. The number of nitrogens with one attached hydrogen (secondary N) is 2. The predicted molar refractivity (Wildman–Crippen MR) is 65.6 cm³/mol. The standard InChI is InChI=1S/C13H17FN2O2/c1-9(10-2-4-11(14)5-3-10)16-13(17)12-8-18-7-6-15-12/h2-5,9,12,15H,6-8H2,1H3,(H,16,17)/t9-,12?/m1/s1. The van der Waals surface area contributed by atoms with Crippen molar-refractivity contribution in [2.45, 2.75) is 19.0 Å². The number of carbonyl (C=O) groups excluding carboxylic acids is 1. The van der Waals surface area contributed by atoms with E-state index in [1.807, 2.05) is 6.92 Å². The molecule has 1 saturated heterocycles. The number of amides is 1. The summed E-state index contributed by atoms with van der Waals surface area (Å²) in [5.41, 5.74) is 0.876. The van der Waals surface area contributed by atoms with Crippen LogP contribution in [0, 0.1) is 5.82 Å². The Bertz CT molecular complexity index is 402. The fourth-order valence-electron chi connectivity index (χ4n) is 1.88. The number of benzene rings is 1. The third-order valence-corrected chi connectivity index (χ3v) is 2.97. The smallest absolute Gasteiger partial charge is 0.240 e. The highest BCUT2D eigenvalue weighted by Crippen LogP contribution is 2.13. The molecule has 0 aromatic heterocycles. The lowest BCUT2D eigenvalue weighted by Crippen LogP contribution is -2.51. The average molecular weight is 252 g/mol. The van der Waals surface area contributed by atoms with Crippen molar-refractivity contribution in [3.63, 3.8) is 0 Å². The molecule has 1 aromatic rings. The Morgan fingerprint density at radius 1 is 1.50 bits per heavy atom. The Morgan fingerprint density at radius 3 is 2.83 bits per heavy atom. The second kappa shape index (κ2) is 5.93. The number of hydrogen-bond donors (Lipinski definition) is 2. The van der Waals surface area contributed by atoms with Gasteiger partial charge in [-0.25, -0.2) is 4.39 Å². The van der Waals surface area contributed by atoms with E-state index < -0.39 is 0 Å². The van der Waals surface area contributed by atoms with Crippen molar-refractivity contribution in [2.75, 3.05) is 19.8 Å². The molecule has 98 valence electrons. The van der Waals surface area contributed by atoms with Gasteiger partial charge in [0.25, 0.3) is 0 Å². The average Bonchev–Trinajstić information content (AvgIpc) is 2.40. The van der Waals surface area contributed by atoms with Gasteiger partial charge >= 0.3 is 0 Å². The minimum Gasteiger partial charge on any atom is -0.378 e. The van der Waals surface area contributed by atoms with Crippen LogP contribution in [0.5, 0.6) is 0 Å². The van der Waals surface area contributed by atoms with Crippen molar-refractivity contribution < 1.29 is 13.9 Å². The zero-order valence-corrected chi connectivity index (χ0v) is 10.3. The molecule has 1 aliphatic rings. The zero-order chi connectivity index (χ0) is 13.0. The van der Waals surface area contributed by atoms with E-state index in [-0.39, 0.29) is 23.8 Å². The summed E-state index contributed by atoms with van der Waals surface area (Å²) in [5.74, 6) is -0.369. The van der Waals surface area contributed by atoms with E-state index in [0.29, 0.717) is 19.8 Å². The molecule has 0 aliphatic carbocycles. The molecular formula is C13H17FN2O2. The summed E-state index contributed by atoms with van der Waals surface area (Å²) < 4.78 is 18.0. The van der Waals surface area contributed by atoms with Crippen LogP contribution in [0.25, 0.3) is 0 Å². The number of morpholine rings is 1. The maximum absolute atomic E-state index is 12.8. The second-order valence-corrected chi connectivity index (χ2v) is 4.36. The van der Waals surface area contributed by atoms with Gasteiger partial charge in [-0.2, -0.15) is 0 Å². The van der Waals surface area contributed by atoms with Crippen LogP contribution in [-0.2, 0) is 9.53 Å². The monoisotopic (exact) mass is 252 g/mol. The normalized spacial score (nSPS) is 21.3. The predicted octanol–water partition coefficient (Wildman–Crippen LogP) is 0.991. The second-order valence-electron chi connectivity index (χ2n) is 4.36. The molecule has 1 fully saturated rings. The molecule has 0 saturated carbocycles. The molecule has 0 spiro atoms. The van der Waals surface area contributed by atoms with E-state index in [9.17, 15) is 9.18 Å². The van der Waals surface area contributed by atoms with Gasteiger partial charge in [0.2, 0.25) is 5.91 Å². The van der Waals surface area contributed by atoms with Crippen LogP contribution in [0.15, 0.2) is 24.3 Å². The first-order chi connectivity index (χ1) is 8.66. The highest BCUT2D eigenvalue weighted by Gasteiger charge is 2.22. The van der Waals surface area contributed by atoms with Crippen LogP contribution in [0.4, 0.5) is 4.39 Å². The summed E-state index contributed by atoms with van der Waals surface area (Å²) in [6.07, 6.45) is 0. The maximum Gasteiger partial charge on any atom is 0.240 e. The van der Waals surface area contributed by atoms with Crippen molar-refractivity contribution in [1.82, 2.24) is 10.6 Å². The summed E-state index contributed by atoms with van der Waals surface area (Å²) in [4.78, 5) is 11.9. The number of hydrogen-bond acceptors (Lipinski definition) is 3. The minimum absolute atomic E-state index is 0.0912. The summed E-state index contributed by atoms with van der Waals surface area (Å²) in [6.45, 7) is 3.58. The fourth-order valence-corrected chi connectivity index (χ4v) is 1.88. The first kappa shape index (κ1) is 13.0. The third-order valence-electron chi connectivity index (χ3n) is 2.97. The number of rotatable bonds is 3. The summed E-state index contributed by atoms with van der Waals surface area (Å²) in [6, 6.07) is 5.67. The number of ether oxygens (including phenoxy) is 1. The SMILES string of the molecule is C[C@@H](NC(=O)C1COCCN1)c1ccc(F)cc1. The van der Waals surface area contributed by atoms with Crippen LogP contribution in [0.2, 0.25) is 0 Å². The Morgan fingerprint density at radius 2 is 2.22 bits per heavy atom. The van der Waals surface area contributed by atoms with Crippen molar-refractivity contribution in [3.05, 3.63) is 35.6 Å². The van der Waals surface area contributed by atoms with Crippen molar-refractivity contribution in [1.29, 1.82) is 0 Å². The Balaban J connectivity index is 1.91. The van der Waals surface area contributed by atoms with Crippen molar-refractivity contribution >= 4 is 5.91 Å². The molecule has 1 aromatic carbocycles.